The van der Waals surface area contributed by atoms with Crippen molar-refractivity contribution in [1.82, 2.24) is 4.31 Å². The monoisotopic (exact) mass is 461 g/mol. The average molecular weight is 462 g/mol. The molecule has 3 rings (SSSR count). The first-order chi connectivity index (χ1) is 14.1. The van der Waals surface area contributed by atoms with Crippen LogP contribution in [0.4, 0.5) is 13.2 Å². The fourth-order valence-electron chi connectivity index (χ4n) is 3.25. The Labute approximate surface area is 177 Å². The molecule has 10 heteroatoms. The zero-order valence-electron chi connectivity index (χ0n) is 15.7. The van der Waals surface area contributed by atoms with Crippen molar-refractivity contribution in [2.75, 3.05) is 13.1 Å². The van der Waals surface area contributed by atoms with Crippen LogP contribution in [0.3, 0.4) is 0 Å². The SMILES string of the molecule is O=C(OCc1ccc(Cl)cc1)C1CCN(S(=O)(=O)c2ccccc2C(F)(F)F)CC1. The Morgan fingerprint density at radius 3 is 2.27 bits per heavy atom. The standard InChI is InChI=1S/C20H19ClF3NO4S/c21-16-7-5-14(6-8-16)13-29-19(26)15-9-11-25(12-10-15)30(27,28)18-4-2-1-3-17(18)20(22,23)24/h1-8,15H,9-13H2. The summed E-state index contributed by atoms with van der Waals surface area (Å²) in [6.45, 7) is -0.0576. The molecule has 0 amide bonds. The summed E-state index contributed by atoms with van der Waals surface area (Å²) in [4.78, 5) is 11.5. The van der Waals surface area contributed by atoms with Gasteiger partial charge in [0.2, 0.25) is 10.0 Å². The van der Waals surface area contributed by atoms with Gasteiger partial charge in [-0.1, -0.05) is 35.9 Å². The van der Waals surface area contributed by atoms with Crippen molar-refractivity contribution in [1.29, 1.82) is 0 Å². The van der Waals surface area contributed by atoms with Crippen molar-refractivity contribution in [3.63, 3.8) is 0 Å². The van der Waals surface area contributed by atoms with Crippen LogP contribution in [-0.2, 0) is 32.3 Å². The normalized spacial score (nSPS) is 16.4. The molecule has 1 saturated heterocycles. The van der Waals surface area contributed by atoms with Crippen molar-refractivity contribution in [2.45, 2.75) is 30.5 Å². The molecule has 0 radical (unpaired) electrons. The van der Waals surface area contributed by atoms with E-state index >= 15 is 0 Å². The van der Waals surface area contributed by atoms with Crippen molar-refractivity contribution >= 4 is 27.6 Å². The quantitative estimate of drug-likeness (QED) is 0.615. The van der Waals surface area contributed by atoms with E-state index in [4.69, 9.17) is 16.3 Å². The molecule has 0 N–H and O–H groups in total. The van der Waals surface area contributed by atoms with Gasteiger partial charge in [0.1, 0.15) is 6.61 Å². The third kappa shape index (κ3) is 5.14. The Kier molecular flexibility index (Phi) is 6.74. The van der Waals surface area contributed by atoms with E-state index in [1.165, 1.54) is 6.07 Å². The maximum Gasteiger partial charge on any atom is 0.417 e. The number of hydrogen-bond acceptors (Lipinski definition) is 4. The number of piperidine rings is 1. The van der Waals surface area contributed by atoms with Gasteiger partial charge in [0.25, 0.3) is 0 Å². The molecule has 0 aliphatic carbocycles. The van der Waals surface area contributed by atoms with Crippen LogP contribution < -0.4 is 0 Å². The van der Waals surface area contributed by atoms with Crippen LogP contribution in [0.5, 0.6) is 0 Å². The van der Waals surface area contributed by atoms with Gasteiger partial charge in [-0.15, -0.1) is 0 Å². The second kappa shape index (κ2) is 8.95. The smallest absolute Gasteiger partial charge is 0.417 e. The fourth-order valence-corrected chi connectivity index (χ4v) is 5.06. The zero-order chi connectivity index (χ0) is 21.9. The number of esters is 1. The predicted octanol–water partition coefficient (Wildman–Crippen LogP) is 4.50. The molecule has 1 fully saturated rings. The summed E-state index contributed by atoms with van der Waals surface area (Å²) in [5.74, 6) is -0.973. The van der Waals surface area contributed by atoms with Crippen molar-refractivity contribution in [2.24, 2.45) is 5.92 Å². The Balaban J connectivity index is 1.62. The molecule has 0 bridgehead atoms. The van der Waals surface area contributed by atoms with E-state index in [-0.39, 0.29) is 32.5 Å². The molecular formula is C20H19ClF3NO4S. The van der Waals surface area contributed by atoms with Gasteiger partial charge in [-0.2, -0.15) is 17.5 Å². The number of hydrogen-bond donors (Lipinski definition) is 0. The molecule has 30 heavy (non-hydrogen) atoms. The highest BCUT2D eigenvalue weighted by Gasteiger charge is 2.40. The third-order valence-corrected chi connectivity index (χ3v) is 7.10. The molecule has 1 heterocycles. The molecule has 0 aromatic heterocycles. The lowest BCUT2D eigenvalue weighted by molar-refractivity contribution is -0.151. The number of sulfonamides is 1. The minimum atomic E-state index is -4.78. The highest BCUT2D eigenvalue weighted by Crippen LogP contribution is 2.36. The molecular weight excluding hydrogens is 443 g/mol. The second-order valence-corrected chi connectivity index (χ2v) is 9.25. The van der Waals surface area contributed by atoms with Crippen molar-refractivity contribution in [3.8, 4) is 0 Å². The fraction of sp³-hybridized carbons (Fsp3) is 0.350. The molecule has 0 spiro atoms. The molecule has 0 unspecified atom stereocenters. The Hall–Kier alpha value is -2.10. The lowest BCUT2D eigenvalue weighted by Crippen LogP contribution is -2.41. The predicted molar refractivity (Wildman–Crippen MR) is 104 cm³/mol. The summed E-state index contributed by atoms with van der Waals surface area (Å²) in [7, 11) is -4.34. The number of carbonyl (C=O) groups excluding carboxylic acids is 1. The Morgan fingerprint density at radius 1 is 1.07 bits per heavy atom. The molecule has 1 aliphatic rings. The summed E-state index contributed by atoms with van der Waals surface area (Å²) >= 11 is 5.80. The highest BCUT2D eigenvalue weighted by atomic mass is 35.5. The summed E-state index contributed by atoms with van der Waals surface area (Å²) in [5, 5.41) is 0.561. The topological polar surface area (TPSA) is 63.7 Å². The number of benzene rings is 2. The largest absolute Gasteiger partial charge is 0.461 e. The van der Waals surface area contributed by atoms with Crippen LogP contribution in [0.2, 0.25) is 5.02 Å². The van der Waals surface area contributed by atoms with Gasteiger partial charge >= 0.3 is 12.1 Å². The number of carbonyl (C=O) groups is 1. The number of alkyl halides is 3. The number of nitrogens with zero attached hydrogens (tertiary/aromatic N) is 1. The van der Waals surface area contributed by atoms with Crippen LogP contribution in [-0.4, -0.2) is 31.8 Å². The second-order valence-electron chi connectivity index (χ2n) is 6.91. The van der Waals surface area contributed by atoms with Crippen LogP contribution in [0.1, 0.15) is 24.0 Å². The van der Waals surface area contributed by atoms with E-state index in [1.807, 2.05) is 0 Å². The van der Waals surface area contributed by atoms with E-state index in [0.717, 1.165) is 28.1 Å². The van der Waals surface area contributed by atoms with Crippen LogP contribution in [0.25, 0.3) is 0 Å². The molecule has 1 aliphatic heterocycles. The average Bonchev–Trinajstić information content (AvgIpc) is 2.72. The molecule has 162 valence electrons. The van der Waals surface area contributed by atoms with Gasteiger partial charge < -0.3 is 4.74 Å². The first-order valence-corrected chi connectivity index (χ1v) is 11.0. The van der Waals surface area contributed by atoms with Crippen LogP contribution in [0, 0.1) is 5.92 Å². The molecule has 0 atom stereocenters. The van der Waals surface area contributed by atoms with E-state index in [1.54, 1.807) is 24.3 Å². The Morgan fingerprint density at radius 2 is 1.67 bits per heavy atom. The molecule has 0 saturated carbocycles. The molecule has 2 aromatic carbocycles. The van der Waals surface area contributed by atoms with Gasteiger partial charge in [-0.25, -0.2) is 8.42 Å². The van der Waals surface area contributed by atoms with Gasteiger partial charge in [0, 0.05) is 18.1 Å². The van der Waals surface area contributed by atoms with Gasteiger partial charge in [0.05, 0.1) is 16.4 Å². The summed E-state index contributed by atoms with van der Waals surface area (Å²) in [5.41, 5.74) is -0.439. The summed E-state index contributed by atoms with van der Waals surface area (Å²) in [6.07, 6.45) is -4.44. The highest BCUT2D eigenvalue weighted by molar-refractivity contribution is 7.89. The maximum absolute atomic E-state index is 13.2. The van der Waals surface area contributed by atoms with Gasteiger partial charge in [0.15, 0.2) is 0 Å². The summed E-state index contributed by atoms with van der Waals surface area (Å²) in [6, 6.07) is 10.9. The minimum absolute atomic E-state index is 0.0603. The Bertz CT molecular complexity index is 1000. The summed E-state index contributed by atoms with van der Waals surface area (Å²) < 4.78 is 71.4. The maximum atomic E-state index is 13.2. The number of rotatable bonds is 5. The van der Waals surface area contributed by atoms with E-state index in [9.17, 15) is 26.4 Å². The first kappa shape index (κ1) is 22.6. The first-order valence-electron chi connectivity index (χ1n) is 9.16. The molecule has 2 aromatic rings. The number of halogens is 4. The van der Waals surface area contributed by atoms with E-state index in [0.29, 0.717) is 5.02 Å². The third-order valence-electron chi connectivity index (χ3n) is 4.89. The lowest BCUT2D eigenvalue weighted by atomic mass is 9.98. The minimum Gasteiger partial charge on any atom is -0.461 e. The van der Waals surface area contributed by atoms with Gasteiger partial charge in [-0.05, 0) is 42.7 Å². The van der Waals surface area contributed by atoms with E-state index in [2.05, 4.69) is 0 Å². The van der Waals surface area contributed by atoms with Crippen LogP contribution in [0.15, 0.2) is 53.4 Å². The van der Waals surface area contributed by atoms with Gasteiger partial charge in [-0.3, -0.25) is 4.79 Å². The van der Waals surface area contributed by atoms with Crippen molar-refractivity contribution in [3.05, 3.63) is 64.7 Å². The lowest BCUT2D eigenvalue weighted by Gasteiger charge is -2.30. The van der Waals surface area contributed by atoms with Crippen LogP contribution >= 0.6 is 11.6 Å². The number of ether oxygens (including phenoxy) is 1. The zero-order valence-corrected chi connectivity index (χ0v) is 17.3. The van der Waals surface area contributed by atoms with Crippen molar-refractivity contribution < 1.29 is 31.1 Å². The van der Waals surface area contributed by atoms with E-state index < -0.39 is 38.5 Å². The molecule has 5 nitrogen and oxygen atoms in total.